The summed E-state index contributed by atoms with van der Waals surface area (Å²) in [5.74, 6) is 0.0885. The third-order valence-electron chi connectivity index (χ3n) is 4.60. The minimum atomic E-state index is -0.810. The maximum Gasteiger partial charge on any atom is 0.313 e. The van der Waals surface area contributed by atoms with Gasteiger partial charge in [0.15, 0.2) is 10.8 Å². The highest BCUT2D eigenvalue weighted by atomic mass is 32.2. The van der Waals surface area contributed by atoms with Crippen molar-refractivity contribution in [3.63, 3.8) is 0 Å². The van der Waals surface area contributed by atoms with Crippen LogP contribution in [0.4, 0.5) is 0 Å². The van der Waals surface area contributed by atoms with Crippen molar-refractivity contribution in [1.82, 2.24) is 14.5 Å². The molecular weight excluding hydrogens is 286 g/mol. The summed E-state index contributed by atoms with van der Waals surface area (Å²) < 4.78 is 2.15. The van der Waals surface area contributed by atoms with Crippen LogP contribution in [0, 0.1) is 11.3 Å². The Bertz CT molecular complexity index is 704. The van der Waals surface area contributed by atoms with Gasteiger partial charge in [0.1, 0.15) is 5.52 Å². The summed E-state index contributed by atoms with van der Waals surface area (Å²) in [5.41, 5.74) is 2.18. The number of thioether (sulfide) groups is 1. The van der Waals surface area contributed by atoms with Gasteiger partial charge in [-0.25, -0.2) is 9.97 Å². The van der Waals surface area contributed by atoms with E-state index in [-0.39, 0.29) is 5.75 Å². The Hall–Kier alpha value is -1.56. The molecule has 5 nitrogen and oxygen atoms in total. The average molecular weight is 303 g/mol. The molecule has 0 radical (unpaired) electrons. The number of rotatable bonds is 6. The molecule has 110 valence electrons. The maximum absolute atomic E-state index is 10.8. The molecule has 21 heavy (non-hydrogen) atoms. The molecule has 0 bridgehead atoms. The summed E-state index contributed by atoms with van der Waals surface area (Å²) in [7, 11) is 0. The number of aliphatic carboxylic acids is 1. The summed E-state index contributed by atoms with van der Waals surface area (Å²) in [6.07, 6.45) is 7.04. The summed E-state index contributed by atoms with van der Waals surface area (Å²) in [6, 6.07) is 3.82. The van der Waals surface area contributed by atoms with Gasteiger partial charge in [-0.1, -0.05) is 11.8 Å². The lowest BCUT2D eigenvalue weighted by atomic mass is 10.0. The molecule has 6 heteroatoms. The number of carboxylic acids is 1. The molecule has 2 aliphatic rings. The summed E-state index contributed by atoms with van der Waals surface area (Å²) >= 11 is 1.29. The van der Waals surface area contributed by atoms with Gasteiger partial charge >= 0.3 is 5.97 Å². The van der Waals surface area contributed by atoms with Crippen LogP contribution in [0.1, 0.15) is 25.7 Å². The summed E-state index contributed by atoms with van der Waals surface area (Å²) in [5, 5.41) is 9.70. The molecule has 2 fully saturated rings. The quantitative estimate of drug-likeness (QED) is 0.831. The number of nitrogens with zero attached hydrogens (tertiary/aromatic N) is 3. The van der Waals surface area contributed by atoms with Crippen LogP contribution < -0.4 is 0 Å². The molecule has 0 aliphatic heterocycles. The van der Waals surface area contributed by atoms with E-state index in [2.05, 4.69) is 14.5 Å². The Morgan fingerprint density at radius 2 is 2.29 bits per heavy atom. The highest BCUT2D eigenvalue weighted by Gasteiger charge is 2.54. The first-order valence-electron chi connectivity index (χ1n) is 7.34. The smallest absolute Gasteiger partial charge is 0.313 e. The van der Waals surface area contributed by atoms with Gasteiger partial charge in [-0.15, -0.1) is 0 Å². The van der Waals surface area contributed by atoms with E-state index in [0.717, 1.165) is 28.8 Å². The van der Waals surface area contributed by atoms with Crippen molar-refractivity contribution in [2.75, 3.05) is 5.75 Å². The zero-order valence-electron chi connectivity index (χ0n) is 11.7. The Labute approximate surface area is 126 Å². The van der Waals surface area contributed by atoms with Gasteiger partial charge in [0, 0.05) is 12.7 Å². The third-order valence-corrected chi connectivity index (χ3v) is 5.56. The molecular formula is C15H17N3O2S. The van der Waals surface area contributed by atoms with E-state index in [9.17, 15) is 4.79 Å². The summed E-state index contributed by atoms with van der Waals surface area (Å²) in [6.45, 7) is 0.938. The Morgan fingerprint density at radius 3 is 2.95 bits per heavy atom. The lowest BCUT2D eigenvalue weighted by molar-refractivity contribution is -0.133. The number of carboxylic acid groups (broad SMARTS) is 1. The number of aromatic nitrogens is 3. The average Bonchev–Trinajstić information content (AvgIpc) is 3.34. The fourth-order valence-electron chi connectivity index (χ4n) is 3.18. The van der Waals surface area contributed by atoms with Crippen molar-refractivity contribution in [3.05, 3.63) is 18.3 Å². The minimum absolute atomic E-state index is 0.0414. The van der Waals surface area contributed by atoms with Gasteiger partial charge in [0.2, 0.25) is 0 Å². The fraction of sp³-hybridized carbons (Fsp3) is 0.533. The van der Waals surface area contributed by atoms with Gasteiger partial charge < -0.3 is 9.67 Å². The standard InChI is InChI=1S/C15H17N3O2S/c19-12(20)8-21-14-17-11-2-1-7-16-13(11)18(14)9-15(5-6-15)10-3-4-10/h1-2,7,10H,3-6,8-9H2,(H,19,20). The van der Waals surface area contributed by atoms with Crippen LogP contribution in [0.25, 0.3) is 11.2 Å². The van der Waals surface area contributed by atoms with Crippen molar-refractivity contribution in [2.45, 2.75) is 37.4 Å². The number of carbonyl (C=O) groups is 1. The lowest BCUT2D eigenvalue weighted by Crippen LogP contribution is -2.15. The number of hydrogen-bond acceptors (Lipinski definition) is 4. The van der Waals surface area contributed by atoms with E-state index in [4.69, 9.17) is 5.11 Å². The first kappa shape index (κ1) is 13.1. The van der Waals surface area contributed by atoms with Crippen molar-refractivity contribution in [2.24, 2.45) is 11.3 Å². The molecule has 0 aromatic carbocycles. The van der Waals surface area contributed by atoms with E-state index in [1.54, 1.807) is 6.20 Å². The van der Waals surface area contributed by atoms with E-state index in [1.807, 2.05) is 12.1 Å². The van der Waals surface area contributed by atoms with Gasteiger partial charge in [-0.3, -0.25) is 4.79 Å². The van der Waals surface area contributed by atoms with Crippen LogP contribution in [0.15, 0.2) is 23.5 Å². The van der Waals surface area contributed by atoms with E-state index in [0.29, 0.717) is 5.41 Å². The second-order valence-corrected chi connectivity index (χ2v) is 7.09. The maximum atomic E-state index is 10.8. The summed E-state index contributed by atoms with van der Waals surface area (Å²) in [4.78, 5) is 19.9. The van der Waals surface area contributed by atoms with Crippen LogP contribution in [0.2, 0.25) is 0 Å². The highest BCUT2D eigenvalue weighted by molar-refractivity contribution is 7.99. The SMILES string of the molecule is O=C(O)CSc1nc2cccnc2n1CC1(C2CC2)CC1. The molecule has 1 N–H and O–H groups in total. The van der Waals surface area contributed by atoms with Crippen LogP contribution in [0.3, 0.4) is 0 Å². The second-order valence-electron chi connectivity index (χ2n) is 6.15. The second kappa shape index (κ2) is 4.73. The van der Waals surface area contributed by atoms with Crippen LogP contribution in [-0.2, 0) is 11.3 Å². The topological polar surface area (TPSA) is 68.0 Å². The molecule has 2 heterocycles. The fourth-order valence-corrected chi connectivity index (χ4v) is 3.91. The molecule has 4 rings (SSSR count). The minimum Gasteiger partial charge on any atom is -0.481 e. The molecule has 0 spiro atoms. The van der Waals surface area contributed by atoms with Gasteiger partial charge in [0.25, 0.3) is 0 Å². The molecule has 2 aromatic rings. The highest BCUT2D eigenvalue weighted by Crippen LogP contribution is 2.62. The number of hydrogen-bond donors (Lipinski definition) is 1. The van der Waals surface area contributed by atoms with Gasteiger partial charge in [-0.2, -0.15) is 0 Å². The molecule has 2 aliphatic carbocycles. The first-order chi connectivity index (χ1) is 10.2. The van der Waals surface area contributed by atoms with Crippen molar-refractivity contribution >= 4 is 28.9 Å². The Balaban J connectivity index is 1.69. The largest absolute Gasteiger partial charge is 0.481 e. The lowest BCUT2D eigenvalue weighted by Gasteiger charge is -2.16. The Kier molecular flexibility index (Phi) is 2.96. The van der Waals surface area contributed by atoms with E-state index >= 15 is 0 Å². The van der Waals surface area contributed by atoms with Crippen LogP contribution in [0.5, 0.6) is 0 Å². The monoisotopic (exact) mass is 303 g/mol. The number of imidazole rings is 1. The van der Waals surface area contributed by atoms with Crippen molar-refractivity contribution in [3.8, 4) is 0 Å². The van der Waals surface area contributed by atoms with Crippen LogP contribution >= 0.6 is 11.8 Å². The predicted octanol–water partition coefficient (Wildman–Crippen LogP) is 2.80. The first-order valence-corrected chi connectivity index (χ1v) is 8.32. The Morgan fingerprint density at radius 1 is 1.48 bits per heavy atom. The zero-order valence-corrected chi connectivity index (χ0v) is 12.5. The van der Waals surface area contributed by atoms with Crippen molar-refractivity contribution < 1.29 is 9.90 Å². The van der Waals surface area contributed by atoms with Crippen molar-refractivity contribution in [1.29, 1.82) is 0 Å². The van der Waals surface area contributed by atoms with E-state index in [1.165, 1.54) is 37.4 Å². The zero-order chi connectivity index (χ0) is 14.4. The van der Waals surface area contributed by atoms with E-state index < -0.39 is 5.97 Å². The molecule has 0 amide bonds. The number of pyridine rings is 1. The molecule has 0 atom stereocenters. The number of fused-ring (bicyclic) bond motifs is 1. The van der Waals surface area contributed by atoms with Gasteiger partial charge in [-0.05, 0) is 49.1 Å². The molecule has 0 unspecified atom stereocenters. The van der Waals surface area contributed by atoms with Crippen LogP contribution in [-0.4, -0.2) is 31.4 Å². The molecule has 2 aromatic heterocycles. The van der Waals surface area contributed by atoms with Gasteiger partial charge in [0.05, 0.1) is 5.75 Å². The normalized spacial score (nSPS) is 19.8. The molecule has 0 saturated heterocycles. The molecule has 2 saturated carbocycles. The third kappa shape index (κ3) is 2.41. The predicted molar refractivity (Wildman–Crippen MR) is 80.3 cm³/mol.